The molecule has 184 valence electrons. The van der Waals surface area contributed by atoms with Gasteiger partial charge in [-0.1, -0.05) is 6.92 Å². The van der Waals surface area contributed by atoms with Crippen LogP contribution in [0.2, 0.25) is 0 Å². The summed E-state index contributed by atoms with van der Waals surface area (Å²) in [5, 5.41) is 2.63. The predicted octanol–water partition coefficient (Wildman–Crippen LogP) is 3.19. The van der Waals surface area contributed by atoms with E-state index in [1.54, 1.807) is 12.3 Å². The number of carbonyl (C=O) groups is 1. The van der Waals surface area contributed by atoms with Crippen LogP contribution < -0.4 is 15.8 Å². The Kier molecular flexibility index (Phi) is 6.22. The maximum atomic E-state index is 13.0. The van der Waals surface area contributed by atoms with Crippen LogP contribution in [0.5, 0.6) is 0 Å². The number of aromatic amines is 1. The number of carbonyl (C=O) groups excluding carboxylic acids is 1. The molecule has 0 aromatic carbocycles. The van der Waals surface area contributed by atoms with Gasteiger partial charge in [-0.3, -0.25) is 19.5 Å². The van der Waals surface area contributed by atoms with Gasteiger partial charge in [0.15, 0.2) is 0 Å². The number of hydrogen-bond acceptors (Lipinski definition) is 6. The van der Waals surface area contributed by atoms with E-state index in [0.29, 0.717) is 12.2 Å². The second-order valence-corrected chi connectivity index (χ2v) is 9.37. The summed E-state index contributed by atoms with van der Waals surface area (Å²) < 4.78 is 26.0. The van der Waals surface area contributed by atoms with Gasteiger partial charge in [0, 0.05) is 63.2 Å². The number of aryl methyl sites for hydroxylation is 1. The molecule has 4 heterocycles. The quantitative estimate of drug-likeness (QED) is 0.561. The van der Waals surface area contributed by atoms with Gasteiger partial charge in [-0.05, 0) is 36.2 Å². The van der Waals surface area contributed by atoms with Gasteiger partial charge in [-0.2, -0.15) is 0 Å². The first kappa shape index (κ1) is 23.3. The standard InChI is InChI=1S/C25H28F2N6O2/c1-2-17-10-20-21(30-23(17)34)9-16(13-28-20)15-32-5-7-33(8-6-32)19-3-4-22(29-14-19)31-24(35)18-11-25(26,27)12-18/h3-4,9-10,13-14,18H,2,5-8,11-12,15H2,1H3,(H,30,34)(H,29,31,35). The lowest BCUT2D eigenvalue weighted by atomic mass is 9.81. The number of aromatic nitrogens is 3. The highest BCUT2D eigenvalue weighted by Crippen LogP contribution is 2.42. The maximum absolute atomic E-state index is 13.0. The molecule has 2 aliphatic rings. The molecule has 1 aliphatic heterocycles. The highest BCUT2D eigenvalue weighted by atomic mass is 19.3. The highest BCUT2D eigenvalue weighted by molar-refractivity contribution is 5.92. The second kappa shape index (κ2) is 9.33. The fourth-order valence-electron chi connectivity index (χ4n) is 4.66. The average Bonchev–Trinajstić information content (AvgIpc) is 2.83. The molecule has 5 rings (SSSR count). The molecular weight excluding hydrogens is 454 g/mol. The summed E-state index contributed by atoms with van der Waals surface area (Å²) in [4.78, 5) is 40.5. The number of alkyl halides is 2. The number of anilines is 2. The van der Waals surface area contributed by atoms with Crippen molar-refractivity contribution in [3.05, 3.63) is 58.1 Å². The lowest BCUT2D eigenvalue weighted by molar-refractivity contribution is -0.145. The van der Waals surface area contributed by atoms with E-state index in [4.69, 9.17) is 0 Å². The van der Waals surface area contributed by atoms with Crippen LogP contribution in [-0.2, 0) is 17.8 Å². The third-order valence-corrected chi connectivity index (χ3v) is 6.81. The van der Waals surface area contributed by atoms with E-state index < -0.39 is 30.6 Å². The summed E-state index contributed by atoms with van der Waals surface area (Å²) in [6.45, 7) is 6.06. The van der Waals surface area contributed by atoms with Crippen LogP contribution in [0.1, 0.15) is 30.9 Å². The van der Waals surface area contributed by atoms with Gasteiger partial charge in [-0.15, -0.1) is 0 Å². The summed E-state index contributed by atoms with van der Waals surface area (Å²) in [5.74, 6) is -3.39. The lowest BCUT2D eigenvalue weighted by Crippen LogP contribution is -2.46. The van der Waals surface area contributed by atoms with Crippen molar-refractivity contribution in [3.8, 4) is 0 Å². The molecule has 0 unspecified atom stereocenters. The van der Waals surface area contributed by atoms with Crippen molar-refractivity contribution in [2.45, 2.75) is 38.7 Å². The predicted molar refractivity (Wildman–Crippen MR) is 130 cm³/mol. The first-order chi connectivity index (χ1) is 16.8. The Hall–Kier alpha value is -3.40. The third kappa shape index (κ3) is 5.17. The molecule has 35 heavy (non-hydrogen) atoms. The normalized spacial score (nSPS) is 18.4. The van der Waals surface area contributed by atoms with Crippen molar-refractivity contribution in [3.63, 3.8) is 0 Å². The van der Waals surface area contributed by atoms with E-state index >= 15 is 0 Å². The zero-order valence-electron chi connectivity index (χ0n) is 19.6. The Morgan fingerprint density at radius 2 is 1.91 bits per heavy atom. The van der Waals surface area contributed by atoms with Crippen LogP contribution in [0.4, 0.5) is 20.3 Å². The van der Waals surface area contributed by atoms with Crippen molar-refractivity contribution >= 4 is 28.4 Å². The van der Waals surface area contributed by atoms with Crippen molar-refractivity contribution in [1.82, 2.24) is 19.9 Å². The largest absolute Gasteiger partial charge is 0.368 e. The highest BCUT2D eigenvalue weighted by Gasteiger charge is 2.48. The zero-order chi connectivity index (χ0) is 24.6. The molecule has 3 aromatic rings. The Bertz CT molecular complexity index is 1280. The van der Waals surface area contributed by atoms with Crippen LogP contribution in [0.25, 0.3) is 11.0 Å². The molecule has 0 atom stereocenters. The topological polar surface area (TPSA) is 94.2 Å². The van der Waals surface area contributed by atoms with Gasteiger partial charge < -0.3 is 15.2 Å². The molecule has 1 saturated heterocycles. The number of nitrogens with one attached hydrogen (secondary N) is 2. The number of pyridine rings is 3. The number of nitrogens with zero attached hydrogens (tertiary/aromatic N) is 4. The number of piperazine rings is 1. The van der Waals surface area contributed by atoms with E-state index in [1.165, 1.54) is 0 Å². The number of fused-ring (bicyclic) bond motifs is 1. The molecule has 0 radical (unpaired) electrons. The van der Waals surface area contributed by atoms with Gasteiger partial charge in [0.25, 0.3) is 5.56 Å². The fourth-order valence-corrected chi connectivity index (χ4v) is 4.66. The second-order valence-electron chi connectivity index (χ2n) is 9.37. The van der Waals surface area contributed by atoms with E-state index in [-0.39, 0.29) is 5.56 Å². The smallest absolute Gasteiger partial charge is 0.251 e. The zero-order valence-corrected chi connectivity index (χ0v) is 19.6. The molecule has 2 fully saturated rings. The van der Waals surface area contributed by atoms with Crippen LogP contribution in [-0.4, -0.2) is 57.9 Å². The molecule has 1 saturated carbocycles. The fraction of sp³-hybridized carbons (Fsp3) is 0.440. The van der Waals surface area contributed by atoms with Crippen LogP contribution in [0.3, 0.4) is 0 Å². The van der Waals surface area contributed by atoms with Gasteiger partial charge in [0.05, 0.1) is 22.9 Å². The van der Waals surface area contributed by atoms with Gasteiger partial charge in [0.2, 0.25) is 11.8 Å². The molecule has 8 nitrogen and oxygen atoms in total. The van der Waals surface area contributed by atoms with Gasteiger partial charge in [-0.25, -0.2) is 13.8 Å². The number of H-pyrrole nitrogens is 1. The number of hydrogen-bond donors (Lipinski definition) is 2. The molecule has 10 heteroatoms. The van der Waals surface area contributed by atoms with Crippen molar-refractivity contribution in [2.24, 2.45) is 5.92 Å². The Labute approximate surface area is 201 Å². The molecule has 0 bridgehead atoms. The SMILES string of the molecule is CCc1cc2ncc(CN3CCN(c4ccc(NC(=O)C5CC(F)(F)C5)nc4)CC3)cc2[nH]c1=O. The van der Waals surface area contributed by atoms with Crippen LogP contribution >= 0.6 is 0 Å². The molecule has 0 spiro atoms. The van der Waals surface area contributed by atoms with E-state index in [9.17, 15) is 18.4 Å². The molecule has 3 aromatic heterocycles. The summed E-state index contributed by atoms with van der Waals surface area (Å²) >= 11 is 0. The summed E-state index contributed by atoms with van der Waals surface area (Å²) in [7, 11) is 0. The molecular formula is C25H28F2N6O2. The van der Waals surface area contributed by atoms with E-state index in [1.807, 2.05) is 31.3 Å². The first-order valence-corrected chi connectivity index (χ1v) is 11.9. The van der Waals surface area contributed by atoms with Gasteiger partial charge >= 0.3 is 0 Å². The van der Waals surface area contributed by atoms with E-state index in [0.717, 1.165) is 60.6 Å². The van der Waals surface area contributed by atoms with Crippen LogP contribution in [0.15, 0.2) is 41.5 Å². The Morgan fingerprint density at radius 3 is 2.57 bits per heavy atom. The Morgan fingerprint density at radius 1 is 1.14 bits per heavy atom. The molecule has 1 aliphatic carbocycles. The number of halogens is 2. The maximum Gasteiger partial charge on any atom is 0.251 e. The summed E-state index contributed by atoms with van der Waals surface area (Å²) in [5.41, 5.74) is 4.24. The Balaban J connectivity index is 1.14. The summed E-state index contributed by atoms with van der Waals surface area (Å²) in [6, 6.07) is 7.45. The first-order valence-electron chi connectivity index (χ1n) is 11.9. The average molecular weight is 483 g/mol. The van der Waals surface area contributed by atoms with Crippen molar-refractivity contribution < 1.29 is 13.6 Å². The number of amides is 1. The minimum Gasteiger partial charge on any atom is -0.368 e. The molecule has 1 amide bonds. The molecule has 2 N–H and O–H groups in total. The monoisotopic (exact) mass is 482 g/mol. The minimum absolute atomic E-state index is 0.0589. The van der Waals surface area contributed by atoms with Crippen LogP contribution in [0, 0.1) is 5.92 Å². The van der Waals surface area contributed by atoms with Crippen molar-refractivity contribution in [2.75, 3.05) is 36.4 Å². The lowest BCUT2D eigenvalue weighted by Gasteiger charge is -2.36. The van der Waals surface area contributed by atoms with Gasteiger partial charge in [0.1, 0.15) is 5.82 Å². The minimum atomic E-state index is -2.72. The summed E-state index contributed by atoms with van der Waals surface area (Å²) in [6.07, 6.45) is 3.46. The van der Waals surface area contributed by atoms with E-state index in [2.05, 4.69) is 30.1 Å². The van der Waals surface area contributed by atoms with Crippen molar-refractivity contribution in [1.29, 1.82) is 0 Å². The number of rotatable bonds is 6. The third-order valence-electron chi connectivity index (χ3n) is 6.81.